The number of aryl methyl sites for hydroxylation is 2. The minimum Gasteiger partial charge on any atom is -0.324 e. The summed E-state index contributed by atoms with van der Waals surface area (Å²) >= 11 is 0. The first-order valence-electron chi connectivity index (χ1n) is 10.9. The van der Waals surface area contributed by atoms with Gasteiger partial charge in [0, 0.05) is 24.8 Å². The fourth-order valence-electron chi connectivity index (χ4n) is 5.29. The van der Waals surface area contributed by atoms with Gasteiger partial charge in [0.15, 0.2) is 0 Å². The molecule has 0 spiro atoms. The molecule has 150 valence electrons. The topological polar surface area (TPSA) is 35.6 Å². The number of para-hydroxylation sites is 1. The number of piperidine rings is 1. The number of nitrogens with zero attached hydrogens (tertiary/aromatic N) is 2. The number of likely N-dealkylation sites (N-methyl/N-ethyl adjacent to an activating group) is 1. The van der Waals surface area contributed by atoms with Crippen molar-refractivity contribution in [2.24, 2.45) is 0 Å². The lowest BCUT2D eigenvalue weighted by Gasteiger charge is -2.48. The van der Waals surface area contributed by atoms with Gasteiger partial charge in [0.2, 0.25) is 5.91 Å². The summed E-state index contributed by atoms with van der Waals surface area (Å²) in [6.07, 6.45) is 7.29. The van der Waals surface area contributed by atoms with Crippen molar-refractivity contribution in [3.63, 3.8) is 0 Å². The monoisotopic (exact) mass is 371 g/mol. The van der Waals surface area contributed by atoms with E-state index in [0.29, 0.717) is 0 Å². The van der Waals surface area contributed by atoms with Gasteiger partial charge in [-0.25, -0.2) is 0 Å². The van der Waals surface area contributed by atoms with E-state index < -0.39 is 0 Å². The molecule has 2 aliphatic rings. The molecule has 4 nitrogen and oxygen atoms in total. The van der Waals surface area contributed by atoms with Crippen LogP contribution in [-0.4, -0.2) is 53.5 Å². The van der Waals surface area contributed by atoms with Crippen molar-refractivity contribution in [2.75, 3.05) is 31.5 Å². The van der Waals surface area contributed by atoms with Gasteiger partial charge in [0.05, 0.1) is 0 Å². The summed E-state index contributed by atoms with van der Waals surface area (Å²) in [6.45, 7) is 12.4. The van der Waals surface area contributed by atoms with Crippen molar-refractivity contribution in [1.29, 1.82) is 0 Å². The Morgan fingerprint density at radius 2 is 1.67 bits per heavy atom. The Morgan fingerprint density at radius 1 is 1.11 bits per heavy atom. The van der Waals surface area contributed by atoms with Crippen molar-refractivity contribution in [3.8, 4) is 0 Å². The lowest BCUT2D eigenvalue weighted by atomic mass is 9.83. The number of anilines is 1. The maximum atomic E-state index is 13.6. The van der Waals surface area contributed by atoms with Gasteiger partial charge in [-0.15, -0.1) is 0 Å². The van der Waals surface area contributed by atoms with Crippen LogP contribution in [0, 0.1) is 13.8 Å². The largest absolute Gasteiger partial charge is 0.324 e. The predicted octanol–water partition coefficient (Wildman–Crippen LogP) is 4.36. The van der Waals surface area contributed by atoms with Crippen LogP contribution in [0.25, 0.3) is 0 Å². The molecule has 0 unspecified atom stereocenters. The van der Waals surface area contributed by atoms with E-state index in [-0.39, 0.29) is 11.4 Å². The molecule has 4 heteroatoms. The number of carbonyl (C=O) groups excluding carboxylic acids is 1. The van der Waals surface area contributed by atoms with E-state index >= 15 is 0 Å². The van der Waals surface area contributed by atoms with E-state index in [4.69, 9.17) is 0 Å². The lowest BCUT2D eigenvalue weighted by Crippen LogP contribution is -2.62. The highest BCUT2D eigenvalue weighted by atomic mass is 16.2. The minimum absolute atomic E-state index is 0.190. The van der Waals surface area contributed by atoms with Crippen LogP contribution >= 0.6 is 0 Å². The third kappa shape index (κ3) is 4.07. The normalized spacial score (nSPS) is 20.9. The molecule has 1 aromatic carbocycles. The molecule has 0 bridgehead atoms. The standard InChI is InChI=1S/C23H37N3O/c1-5-26(6-2)23(14-16-25(17-15-23)20-12-7-8-13-20)22(27)24-21-18(3)10-9-11-19(21)4/h9-11,20H,5-8,12-17H2,1-4H3,(H,24,27). The van der Waals surface area contributed by atoms with E-state index in [1.807, 2.05) is 0 Å². The van der Waals surface area contributed by atoms with E-state index in [1.54, 1.807) is 0 Å². The first-order valence-corrected chi connectivity index (χ1v) is 10.9. The number of hydrogen-bond donors (Lipinski definition) is 1. The summed E-state index contributed by atoms with van der Waals surface area (Å²) in [5.74, 6) is 0.190. The fourth-order valence-corrected chi connectivity index (χ4v) is 5.29. The van der Waals surface area contributed by atoms with Gasteiger partial charge < -0.3 is 10.2 Å². The molecule has 3 rings (SSSR count). The Labute approximate surface area is 165 Å². The Balaban J connectivity index is 1.80. The lowest BCUT2D eigenvalue weighted by molar-refractivity contribution is -0.132. The Morgan fingerprint density at radius 3 is 2.19 bits per heavy atom. The van der Waals surface area contributed by atoms with E-state index in [1.165, 1.54) is 25.7 Å². The second-order valence-corrected chi connectivity index (χ2v) is 8.40. The van der Waals surface area contributed by atoms with Gasteiger partial charge >= 0.3 is 0 Å². The van der Waals surface area contributed by atoms with Crippen LogP contribution in [-0.2, 0) is 4.79 Å². The molecule has 27 heavy (non-hydrogen) atoms. The number of nitrogens with one attached hydrogen (secondary N) is 1. The van der Waals surface area contributed by atoms with Crippen LogP contribution < -0.4 is 5.32 Å². The smallest absolute Gasteiger partial charge is 0.245 e. The quantitative estimate of drug-likeness (QED) is 0.807. The molecule has 1 amide bonds. The molecule has 1 aromatic rings. The third-order valence-corrected chi connectivity index (χ3v) is 6.98. The average Bonchev–Trinajstić information content (AvgIpc) is 3.21. The van der Waals surface area contributed by atoms with Gasteiger partial charge in [0.25, 0.3) is 0 Å². The maximum Gasteiger partial charge on any atom is 0.245 e. The SMILES string of the molecule is CCN(CC)C1(C(=O)Nc2c(C)cccc2C)CCN(C2CCCC2)CC1. The zero-order chi connectivity index (χ0) is 19.4. The van der Waals surface area contributed by atoms with Gasteiger partial charge in [-0.2, -0.15) is 0 Å². The number of rotatable bonds is 6. The van der Waals surface area contributed by atoms with Crippen LogP contribution in [0.1, 0.15) is 63.5 Å². The third-order valence-electron chi connectivity index (χ3n) is 6.98. The maximum absolute atomic E-state index is 13.6. The molecule has 1 heterocycles. The second-order valence-electron chi connectivity index (χ2n) is 8.40. The molecule has 1 saturated carbocycles. The van der Waals surface area contributed by atoms with Gasteiger partial charge in [0.1, 0.15) is 5.54 Å². The molecule has 0 aromatic heterocycles. The molecule has 1 aliphatic carbocycles. The first kappa shape index (κ1) is 20.3. The van der Waals surface area contributed by atoms with Gasteiger partial charge in [-0.1, -0.05) is 44.9 Å². The number of likely N-dealkylation sites (tertiary alicyclic amines) is 1. The highest BCUT2D eigenvalue weighted by Crippen LogP contribution is 2.35. The highest BCUT2D eigenvalue weighted by molar-refractivity contribution is 5.99. The molecule has 0 atom stereocenters. The van der Waals surface area contributed by atoms with E-state index in [2.05, 4.69) is 61.0 Å². The Hall–Kier alpha value is -1.39. The Bertz CT molecular complexity index is 619. The summed E-state index contributed by atoms with van der Waals surface area (Å²) < 4.78 is 0. The Kier molecular flexibility index (Phi) is 6.59. The summed E-state index contributed by atoms with van der Waals surface area (Å²) in [7, 11) is 0. The fraction of sp³-hybridized carbons (Fsp3) is 0.696. The van der Waals surface area contributed by atoms with Crippen molar-refractivity contribution in [2.45, 2.75) is 77.8 Å². The summed E-state index contributed by atoms with van der Waals surface area (Å²) in [6, 6.07) is 6.96. The van der Waals surface area contributed by atoms with Gasteiger partial charge in [-0.05, 0) is 63.7 Å². The summed E-state index contributed by atoms with van der Waals surface area (Å²) in [4.78, 5) is 18.7. The van der Waals surface area contributed by atoms with Gasteiger partial charge in [-0.3, -0.25) is 9.69 Å². The molecule has 1 saturated heterocycles. The highest BCUT2D eigenvalue weighted by Gasteiger charge is 2.46. The van der Waals surface area contributed by atoms with Crippen LogP contribution in [0.5, 0.6) is 0 Å². The van der Waals surface area contributed by atoms with E-state index in [9.17, 15) is 4.79 Å². The number of hydrogen-bond acceptors (Lipinski definition) is 3. The molecule has 1 aliphatic heterocycles. The van der Waals surface area contributed by atoms with Crippen molar-refractivity contribution < 1.29 is 4.79 Å². The van der Waals surface area contributed by atoms with Crippen LogP contribution in [0.2, 0.25) is 0 Å². The molecule has 2 fully saturated rings. The zero-order valence-corrected chi connectivity index (χ0v) is 17.7. The van der Waals surface area contributed by atoms with Crippen molar-refractivity contribution in [1.82, 2.24) is 9.80 Å². The summed E-state index contributed by atoms with van der Waals surface area (Å²) in [5.41, 5.74) is 2.89. The van der Waals surface area contributed by atoms with Crippen LogP contribution in [0.4, 0.5) is 5.69 Å². The number of amides is 1. The van der Waals surface area contributed by atoms with Crippen molar-refractivity contribution in [3.05, 3.63) is 29.3 Å². The van der Waals surface area contributed by atoms with E-state index in [0.717, 1.165) is 61.9 Å². The number of carbonyl (C=O) groups is 1. The van der Waals surface area contributed by atoms with Crippen molar-refractivity contribution >= 4 is 11.6 Å². The molecule has 0 radical (unpaired) electrons. The molecule has 1 N–H and O–H groups in total. The average molecular weight is 372 g/mol. The molecular weight excluding hydrogens is 334 g/mol. The van der Waals surface area contributed by atoms with Crippen LogP contribution in [0.15, 0.2) is 18.2 Å². The predicted molar refractivity (Wildman–Crippen MR) is 113 cm³/mol. The zero-order valence-electron chi connectivity index (χ0n) is 17.7. The first-order chi connectivity index (χ1) is 13.0. The second kappa shape index (κ2) is 8.74. The minimum atomic E-state index is -0.382. The molecular formula is C23H37N3O. The van der Waals surface area contributed by atoms with Crippen LogP contribution in [0.3, 0.4) is 0 Å². The summed E-state index contributed by atoms with van der Waals surface area (Å²) in [5, 5.41) is 3.32. The number of benzene rings is 1.